The lowest BCUT2D eigenvalue weighted by molar-refractivity contribution is -0.157. The van der Waals surface area contributed by atoms with Crippen LogP contribution in [-0.2, 0) is 9.59 Å². The van der Waals surface area contributed by atoms with Gasteiger partial charge in [-0.05, 0) is 51.4 Å². The van der Waals surface area contributed by atoms with Gasteiger partial charge in [-0.15, -0.1) is 0 Å². The molecule has 0 aromatic carbocycles. The average Bonchev–Trinajstić information content (AvgIpc) is 3.12. The number of carbonyl (C=O) groups excluding carboxylic acids is 2. The lowest BCUT2D eigenvalue weighted by Gasteiger charge is -2.52. The molecule has 6 nitrogen and oxygen atoms in total. The molecule has 1 N–H and O–H groups in total. The van der Waals surface area contributed by atoms with Gasteiger partial charge in [0.2, 0.25) is 11.8 Å². The average molecular weight is 348 g/mol. The smallest absolute Gasteiger partial charge is 0.241 e. The number of likely N-dealkylation sites (tertiary alicyclic amines) is 1. The number of carbonyl (C=O) groups is 2. The van der Waals surface area contributed by atoms with Crippen molar-refractivity contribution in [2.75, 3.05) is 26.2 Å². The van der Waals surface area contributed by atoms with Gasteiger partial charge >= 0.3 is 0 Å². The largest absolute Gasteiger partial charge is 0.342 e. The quantitative estimate of drug-likeness (QED) is 0.815. The van der Waals surface area contributed by atoms with E-state index >= 15 is 0 Å². The molecule has 25 heavy (non-hydrogen) atoms. The second-order valence-electron chi connectivity index (χ2n) is 8.40. The Labute approximate surface area is 150 Å². The van der Waals surface area contributed by atoms with Crippen LogP contribution in [0.1, 0.15) is 52.4 Å². The second kappa shape index (κ2) is 6.88. The van der Waals surface area contributed by atoms with Gasteiger partial charge in [0, 0.05) is 44.2 Å². The van der Waals surface area contributed by atoms with Crippen molar-refractivity contribution in [3.8, 4) is 0 Å². The second-order valence-corrected chi connectivity index (χ2v) is 8.40. The monoisotopic (exact) mass is 348 g/mol. The SMILES string of the molecule is CCN1C(=O)C2CCNN2C2CCC(C(=O)N3CCC(C)CC3)CC21. The summed E-state index contributed by atoms with van der Waals surface area (Å²) in [5, 5.41) is 2.22. The predicted octanol–water partition coefficient (Wildman–Crippen LogP) is 1.22. The molecule has 0 bridgehead atoms. The van der Waals surface area contributed by atoms with Gasteiger partial charge in [0.15, 0.2) is 0 Å². The van der Waals surface area contributed by atoms with Crippen LogP contribution in [0.4, 0.5) is 0 Å². The van der Waals surface area contributed by atoms with Gasteiger partial charge in [0.25, 0.3) is 0 Å². The Bertz CT molecular complexity index is 532. The fourth-order valence-electron chi connectivity index (χ4n) is 5.42. The van der Waals surface area contributed by atoms with Crippen molar-refractivity contribution in [2.24, 2.45) is 11.8 Å². The summed E-state index contributed by atoms with van der Waals surface area (Å²) in [6, 6.07) is 0.568. The number of hydrogen-bond donors (Lipinski definition) is 1. The normalized spacial score (nSPS) is 37.1. The number of nitrogens with zero attached hydrogens (tertiary/aromatic N) is 3. The maximum Gasteiger partial charge on any atom is 0.241 e. The van der Waals surface area contributed by atoms with E-state index in [0.717, 1.165) is 70.6 Å². The molecule has 4 fully saturated rings. The number of fused-ring (bicyclic) bond motifs is 3. The van der Waals surface area contributed by atoms with E-state index in [1.54, 1.807) is 0 Å². The zero-order valence-electron chi connectivity index (χ0n) is 15.6. The minimum Gasteiger partial charge on any atom is -0.342 e. The first kappa shape index (κ1) is 17.3. The Morgan fingerprint density at radius 3 is 2.60 bits per heavy atom. The number of hydrazine groups is 1. The van der Waals surface area contributed by atoms with E-state index in [-0.39, 0.29) is 23.9 Å². The minimum absolute atomic E-state index is 0.0111. The highest BCUT2D eigenvalue weighted by Gasteiger charge is 2.51. The van der Waals surface area contributed by atoms with Gasteiger partial charge in [-0.3, -0.25) is 15.0 Å². The van der Waals surface area contributed by atoms with E-state index in [9.17, 15) is 9.59 Å². The third-order valence-corrected chi connectivity index (χ3v) is 6.94. The first-order valence-corrected chi connectivity index (χ1v) is 10.2. The highest BCUT2D eigenvalue weighted by atomic mass is 16.2. The van der Waals surface area contributed by atoms with Gasteiger partial charge in [-0.2, -0.15) is 0 Å². The van der Waals surface area contributed by atoms with Crippen molar-refractivity contribution in [3.63, 3.8) is 0 Å². The molecule has 0 aromatic heterocycles. The summed E-state index contributed by atoms with van der Waals surface area (Å²) in [6.07, 6.45) is 5.97. The third kappa shape index (κ3) is 2.97. The van der Waals surface area contributed by atoms with Gasteiger partial charge in [-0.25, -0.2) is 5.01 Å². The maximum atomic E-state index is 13.0. The van der Waals surface area contributed by atoms with Crippen molar-refractivity contribution in [3.05, 3.63) is 0 Å². The van der Waals surface area contributed by atoms with Gasteiger partial charge in [-0.1, -0.05) is 6.92 Å². The van der Waals surface area contributed by atoms with E-state index in [2.05, 4.69) is 34.1 Å². The van der Waals surface area contributed by atoms with Crippen LogP contribution < -0.4 is 5.43 Å². The molecular formula is C19H32N4O2. The topological polar surface area (TPSA) is 55.9 Å². The summed E-state index contributed by atoms with van der Waals surface area (Å²) in [7, 11) is 0. The first-order valence-electron chi connectivity index (χ1n) is 10.2. The Kier molecular flexibility index (Phi) is 4.75. The van der Waals surface area contributed by atoms with Crippen LogP contribution >= 0.6 is 0 Å². The van der Waals surface area contributed by atoms with Crippen molar-refractivity contribution < 1.29 is 9.59 Å². The zero-order chi connectivity index (χ0) is 17.6. The molecule has 4 aliphatic rings. The van der Waals surface area contributed by atoms with Crippen LogP contribution in [0.3, 0.4) is 0 Å². The van der Waals surface area contributed by atoms with E-state index in [4.69, 9.17) is 0 Å². The standard InChI is InChI=1S/C19H32N4O2/c1-3-22-17-12-14(18(24)21-10-7-13(2)8-11-21)4-5-15(17)23-16(19(22)25)6-9-20-23/h13-17,20H,3-12H2,1-2H3. The summed E-state index contributed by atoms with van der Waals surface area (Å²) < 4.78 is 0. The molecule has 1 saturated carbocycles. The van der Waals surface area contributed by atoms with Crippen molar-refractivity contribution in [1.82, 2.24) is 20.2 Å². The number of likely N-dealkylation sites (N-methyl/N-ethyl adjacent to an activating group) is 1. The van der Waals surface area contributed by atoms with Crippen molar-refractivity contribution in [1.29, 1.82) is 0 Å². The molecule has 140 valence electrons. The molecule has 3 saturated heterocycles. The lowest BCUT2D eigenvalue weighted by atomic mass is 9.78. The Morgan fingerprint density at radius 2 is 1.88 bits per heavy atom. The van der Waals surface area contributed by atoms with Gasteiger partial charge in [0.1, 0.15) is 6.04 Å². The van der Waals surface area contributed by atoms with E-state index in [0.29, 0.717) is 11.9 Å². The Hall–Kier alpha value is -1.14. The Morgan fingerprint density at radius 1 is 1.12 bits per heavy atom. The maximum absolute atomic E-state index is 13.0. The predicted molar refractivity (Wildman–Crippen MR) is 95.5 cm³/mol. The number of nitrogens with one attached hydrogen (secondary N) is 1. The van der Waals surface area contributed by atoms with Crippen molar-refractivity contribution in [2.45, 2.75) is 70.5 Å². The van der Waals surface area contributed by atoms with E-state index in [1.807, 2.05) is 0 Å². The molecule has 3 heterocycles. The number of amides is 2. The van der Waals surface area contributed by atoms with Crippen LogP contribution in [0.5, 0.6) is 0 Å². The van der Waals surface area contributed by atoms with E-state index < -0.39 is 0 Å². The molecule has 2 amide bonds. The highest BCUT2D eigenvalue weighted by Crippen LogP contribution is 2.38. The molecule has 0 aromatic rings. The molecule has 4 rings (SSSR count). The molecule has 6 heteroatoms. The number of piperazine rings is 1. The first-order chi connectivity index (χ1) is 12.1. The Balaban J connectivity index is 1.47. The summed E-state index contributed by atoms with van der Waals surface area (Å²) >= 11 is 0. The highest BCUT2D eigenvalue weighted by molar-refractivity contribution is 5.84. The van der Waals surface area contributed by atoms with E-state index in [1.165, 1.54) is 0 Å². The lowest BCUT2D eigenvalue weighted by Crippen LogP contribution is -2.68. The molecule has 0 radical (unpaired) electrons. The van der Waals surface area contributed by atoms with Crippen LogP contribution in [0.2, 0.25) is 0 Å². The summed E-state index contributed by atoms with van der Waals surface area (Å²) in [5.74, 6) is 1.43. The molecule has 3 aliphatic heterocycles. The summed E-state index contributed by atoms with van der Waals surface area (Å²) in [4.78, 5) is 30.0. The molecule has 0 spiro atoms. The van der Waals surface area contributed by atoms with Crippen LogP contribution in [0, 0.1) is 11.8 Å². The van der Waals surface area contributed by atoms with Crippen LogP contribution in [0.25, 0.3) is 0 Å². The fraction of sp³-hybridized carbons (Fsp3) is 0.895. The molecular weight excluding hydrogens is 316 g/mol. The number of hydrogen-bond acceptors (Lipinski definition) is 4. The fourth-order valence-corrected chi connectivity index (χ4v) is 5.42. The summed E-state index contributed by atoms with van der Waals surface area (Å²) in [5.41, 5.74) is 3.44. The summed E-state index contributed by atoms with van der Waals surface area (Å²) in [6.45, 7) is 7.83. The molecule has 4 unspecified atom stereocenters. The number of rotatable bonds is 2. The van der Waals surface area contributed by atoms with Gasteiger partial charge in [0.05, 0.1) is 0 Å². The molecule has 1 aliphatic carbocycles. The van der Waals surface area contributed by atoms with Crippen LogP contribution in [-0.4, -0.2) is 70.9 Å². The van der Waals surface area contributed by atoms with Crippen molar-refractivity contribution >= 4 is 11.8 Å². The third-order valence-electron chi connectivity index (χ3n) is 6.94. The number of piperidine rings is 1. The van der Waals surface area contributed by atoms with Gasteiger partial charge < -0.3 is 9.80 Å². The zero-order valence-corrected chi connectivity index (χ0v) is 15.6. The minimum atomic E-state index is 0.0111. The van der Waals surface area contributed by atoms with Crippen LogP contribution in [0.15, 0.2) is 0 Å². The molecule has 4 atom stereocenters.